The molecule has 1 fully saturated rings. The number of carbonyl (C=O) groups excluding carboxylic acids is 1. The van der Waals surface area contributed by atoms with E-state index in [0.29, 0.717) is 35.7 Å². The van der Waals surface area contributed by atoms with Crippen LogP contribution in [-0.4, -0.2) is 55.4 Å². The van der Waals surface area contributed by atoms with Gasteiger partial charge < -0.3 is 15.7 Å². The first-order chi connectivity index (χ1) is 18.1. The molecule has 1 aliphatic heterocycles. The number of nitrogen functional groups attached to an aromatic ring is 1. The van der Waals surface area contributed by atoms with Gasteiger partial charge in [0.1, 0.15) is 10.0 Å². The Morgan fingerprint density at radius 1 is 1.28 bits per heavy atom. The number of carbonyl (C=O) groups is 2. The van der Waals surface area contributed by atoms with Crippen LogP contribution in [0.5, 0.6) is 0 Å². The zero-order chi connectivity index (χ0) is 29.1. The van der Waals surface area contributed by atoms with E-state index < -0.39 is 28.1 Å². The van der Waals surface area contributed by atoms with Crippen molar-refractivity contribution in [3.05, 3.63) is 64.2 Å². The lowest BCUT2D eigenvalue weighted by Crippen LogP contribution is -2.34. The second-order valence-corrected chi connectivity index (χ2v) is 12.1. The van der Waals surface area contributed by atoms with E-state index in [2.05, 4.69) is 4.72 Å². The van der Waals surface area contributed by atoms with Crippen LogP contribution in [0.2, 0.25) is 5.02 Å². The van der Waals surface area contributed by atoms with Crippen LogP contribution in [0.15, 0.2) is 46.7 Å². The van der Waals surface area contributed by atoms with Crippen LogP contribution in [0.4, 0.5) is 13.2 Å². The fraction of sp³-hybridized carbons (Fsp3) is 0.292. The minimum absolute atomic E-state index is 0.0225. The summed E-state index contributed by atoms with van der Waals surface area (Å²) >= 11 is 7.25. The van der Waals surface area contributed by atoms with Gasteiger partial charge in [-0.25, -0.2) is 17.9 Å². The van der Waals surface area contributed by atoms with Gasteiger partial charge in [-0.2, -0.15) is 13.2 Å². The number of thiophene rings is 1. The first-order valence-electron chi connectivity index (χ1n) is 11.3. The van der Waals surface area contributed by atoms with Gasteiger partial charge in [-0.15, -0.1) is 11.3 Å². The van der Waals surface area contributed by atoms with Crippen LogP contribution in [0.1, 0.15) is 23.1 Å². The Kier molecular flexibility index (Phi) is 9.26. The minimum Gasteiger partial charge on any atom is -0.475 e. The first-order valence-corrected chi connectivity index (χ1v) is 14.0. The summed E-state index contributed by atoms with van der Waals surface area (Å²) in [6.07, 6.45) is -4.51. The second kappa shape index (κ2) is 11.9. The Morgan fingerprint density at radius 2 is 1.95 bits per heavy atom. The molecule has 1 aromatic heterocycles. The number of halogens is 4. The summed E-state index contributed by atoms with van der Waals surface area (Å²) in [4.78, 5) is 23.4. The molecule has 1 aliphatic rings. The molecule has 15 heteroatoms. The largest absolute Gasteiger partial charge is 0.490 e. The van der Waals surface area contributed by atoms with Crippen LogP contribution >= 0.6 is 22.9 Å². The van der Waals surface area contributed by atoms with Gasteiger partial charge in [-0.1, -0.05) is 29.8 Å². The standard InChI is InChI=1S/C22H23ClN4O3S2.C2HF3O2/c1-13-18-10-17(23)5-6-19(18)31-22(13)32(29,30)26-11-16-7-8-27(21(16)28)12-14-3-2-4-15(9-14)20(24)25;3-2(4,5)1(6)7/h2-6,9-10,16,26H,7-8,11-12H2,1H3,(H3,24,25);(H,6,7)/t16-;/m0./s1. The van der Waals surface area contributed by atoms with Gasteiger partial charge in [-0.3, -0.25) is 10.2 Å². The number of aryl methyl sites for hydroxylation is 1. The third-order valence-corrected chi connectivity index (χ3v) is 9.43. The second-order valence-electron chi connectivity index (χ2n) is 8.67. The molecule has 0 unspecified atom stereocenters. The minimum atomic E-state index is -5.08. The molecule has 1 saturated heterocycles. The smallest absolute Gasteiger partial charge is 0.475 e. The molecule has 1 amide bonds. The topological polar surface area (TPSA) is 154 Å². The highest BCUT2D eigenvalue weighted by Gasteiger charge is 2.38. The van der Waals surface area contributed by atoms with E-state index in [1.54, 1.807) is 42.2 Å². The van der Waals surface area contributed by atoms with E-state index in [1.807, 2.05) is 12.1 Å². The number of rotatable bonds is 7. The number of hydrogen-bond acceptors (Lipinski definition) is 6. The molecule has 0 saturated carbocycles. The zero-order valence-corrected chi connectivity index (χ0v) is 22.8. The average Bonchev–Trinajstić information content (AvgIpc) is 3.37. The molecule has 1 atom stereocenters. The van der Waals surface area contributed by atoms with Crippen LogP contribution in [0, 0.1) is 18.3 Å². The lowest BCUT2D eigenvalue weighted by molar-refractivity contribution is -0.192. The monoisotopic (exact) mass is 604 g/mol. The van der Waals surface area contributed by atoms with Crippen LogP contribution in [0.3, 0.4) is 0 Å². The summed E-state index contributed by atoms with van der Waals surface area (Å²) in [7, 11) is -3.75. The molecule has 2 aromatic carbocycles. The maximum Gasteiger partial charge on any atom is 0.490 e. The fourth-order valence-corrected chi connectivity index (χ4v) is 6.95. The molecule has 0 radical (unpaired) electrons. The maximum absolute atomic E-state index is 13.0. The van der Waals surface area contributed by atoms with Gasteiger partial charge in [0.25, 0.3) is 0 Å². The summed E-state index contributed by atoms with van der Waals surface area (Å²) < 4.78 is 61.4. The van der Waals surface area contributed by atoms with E-state index in [-0.39, 0.29) is 22.5 Å². The van der Waals surface area contributed by atoms with Gasteiger partial charge in [0.05, 0.1) is 5.92 Å². The normalized spacial score (nSPS) is 15.8. The van der Waals surface area contributed by atoms with E-state index in [9.17, 15) is 26.4 Å². The van der Waals surface area contributed by atoms with Crippen LogP contribution in [0.25, 0.3) is 10.1 Å². The van der Waals surface area contributed by atoms with Crippen LogP contribution < -0.4 is 10.5 Å². The summed E-state index contributed by atoms with van der Waals surface area (Å²) in [5.74, 6) is -3.27. The Hall–Kier alpha value is -3.20. The molecule has 0 aliphatic carbocycles. The average molecular weight is 605 g/mol. The third-order valence-electron chi connectivity index (χ3n) is 5.88. The van der Waals surface area contributed by atoms with E-state index in [0.717, 1.165) is 15.6 Å². The van der Waals surface area contributed by atoms with Crippen molar-refractivity contribution in [3.8, 4) is 0 Å². The number of carboxylic acids is 1. The predicted molar refractivity (Wildman–Crippen MR) is 141 cm³/mol. The van der Waals surface area contributed by atoms with Gasteiger partial charge in [0.15, 0.2) is 0 Å². The molecular formula is C24H24ClF3N4O5S2. The molecule has 0 bridgehead atoms. The number of nitrogens with two attached hydrogens (primary N) is 1. The lowest BCUT2D eigenvalue weighted by Gasteiger charge is -2.17. The number of carboxylic acid groups (broad SMARTS) is 1. The molecule has 9 nitrogen and oxygen atoms in total. The van der Waals surface area contributed by atoms with Crippen molar-refractivity contribution in [2.75, 3.05) is 13.1 Å². The summed E-state index contributed by atoms with van der Waals surface area (Å²) in [6, 6.07) is 12.5. The first kappa shape index (κ1) is 30.3. The summed E-state index contributed by atoms with van der Waals surface area (Å²) in [5, 5.41) is 16.1. The van der Waals surface area contributed by atoms with Gasteiger partial charge in [0, 0.05) is 34.9 Å². The number of sulfonamides is 1. The number of benzene rings is 2. The molecule has 39 heavy (non-hydrogen) atoms. The van der Waals surface area contributed by atoms with Gasteiger partial charge in [-0.05, 0) is 54.1 Å². The highest BCUT2D eigenvalue weighted by Crippen LogP contribution is 2.35. The summed E-state index contributed by atoms with van der Waals surface area (Å²) in [6.45, 7) is 2.77. The van der Waals surface area contributed by atoms with Gasteiger partial charge >= 0.3 is 12.1 Å². The number of nitrogens with one attached hydrogen (secondary N) is 2. The van der Waals surface area contributed by atoms with E-state index in [1.165, 1.54) is 11.3 Å². The number of aliphatic carboxylic acids is 1. The van der Waals surface area contributed by atoms with Crippen molar-refractivity contribution in [1.29, 1.82) is 5.41 Å². The van der Waals surface area contributed by atoms with E-state index in [4.69, 9.17) is 32.6 Å². The Bertz CT molecular complexity index is 1530. The predicted octanol–water partition coefficient (Wildman–Crippen LogP) is 4.11. The number of alkyl halides is 3. The molecule has 3 aromatic rings. The number of amidine groups is 1. The molecule has 4 rings (SSSR count). The molecular weight excluding hydrogens is 581 g/mol. The Morgan fingerprint density at radius 3 is 2.56 bits per heavy atom. The number of amides is 1. The number of hydrogen-bond donors (Lipinski definition) is 4. The molecule has 5 N–H and O–H groups in total. The maximum atomic E-state index is 13.0. The van der Waals surface area contributed by atoms with Crippen LogP contribution in [-0.2, 0) is 26.2 Å². The Balaban J connectivity index is 0.000000532. The fourth-order valence-electron chi connectivity index (χ4n) is 3.91. The lowest BCUT2D eigenvalue weighted by atomic mass is 10.1. The highest BCUT2D eigenvalue weighted by molar-refractivity contribution is 7.91. The van der Waals surface area contributed by atoms with Gasteiger partial charge in [0.2, 0.25) is 15.9 Å². The van der Waals surface area contributed by atoms with Crippen molar-refractivity contribution < 1.29 is 36.3 Å². The summed E-state index contributed by atoms with van der Waals surface area (Å²) in [5.41, 5.74) is 7.69. The SMILES string of the molecule is Cc1c(S(=O)(=O)NC[C@@H]2CCN(Cc3cccc(C(=N)N)c3)C2=O)sc2ccc(Cl)cc12.O=C(O)C(F)(F)F. The molecule has 210 valence electrons. The van der Waals surface area contributed by atoms with Crippen molar-refractivity contribution in [2.24, 2.45) is 11.7 Å². The molecule has 0 spiro atoms. The van der Waals surface area contributed by atoms with Crippen molar-refractivity contribution in [3.63, 3.8) is 0 Å². The number of fused-ring (bicyclic) bond motifs is 1. The Labute approximate surface area is 230 Å². The number of nitrogens with zero attached hydrogens (tertiary/aromatic N) is 1. The van der Waals surface area contributed by atoms with E-state index >= 15 is 0 Å². The zero-order valence-electron chi connectivity index (χ0n) is 20.4. The van der Waals surface area contributed by atoms with Crippen molar-refractivity contribution in [1.82, 2.24) is 9.62 Å². The molecule has 2 heterocycles. The van der Waals surface area contributed by atoms with Crippen molar-refractivity contribution >= 4 is 60.8 Å². The quantitative estimate of drug-likeness (QED) is 0.235. The van der Waals surface area contributed by atoms with Crippen molar-refractivity contribution in [2.45, 2.75) is 30.3 Å². The number of likely N-dealkylation sites (tertiary alicyclic amines) is 1. The highest BCUT2D eigenvalue weighted by atomic mass is 35.5. The third kappa shape index (κ3) is 7.47.